The Morgan fingerprint density at radius 2 is 2.50 bits per heavy atom. The van der Waals surface area contributed by atoms with Crippen LogP contribution in [0.1, 0.15) is 17.6 Å². The number of nitrogens with two attached hydrogens (primary N) is 1. The topological polar surface area (TPSA) is 50.9 Å². The minimum Gasteiger partial charge on any atom is -0.329 e. The van der Waals surface area contributed by atoms with Crippen molar-refractivity contribution < 1.29 is 0 Å². The predicted molar refractivity (Wildman–Crippen MR) is 52.3 cm³/mol. The van der Waals surface area contributed by atoms with E-state index >= 15 is 0 Å². The average Bonchev–Trinajstić information content (AvgIpc) is 2.53. The van der Waals surface area contributed by atoms with Gasteiger partial charge in [-0.1, -0.05) is 6.92 Å². The van der Waals surface area contributed by atoms with Gasteiger partial charge in [-0.25, -0.2) is 4.98 Å². The highest BCUT2D eigenvalue weighted by Crippen LogP contribution is 2.09. The number of hydrogen-bond donors (Lipinski definition) is 2. The van der Waals surface area contributed by atoms with Crippen LogP contribution < -0.4 is 11.1 Å². The maximum atomic E-state index is 5.34. The summed E-state index contributed by atoms with van der Waals surface area (Å²) < 4.78 is 0. The Hall–Kier alpha value is -0.450. The Bertz CT molecular complexity index is 222. The lowest BCUT2D eigenvalue weighted by molar-refractivity contribution is 0.683. The molecule has 12 heavy (non-hydrogen) atoms. The largest absolute Gasteiger partial charge is 0.329 e. The molecule has 0 aliphatic carbocycles. The Labute approximate surface area is 77.0 Å². The van der Waals surface area contributed by atoms with Gasteiger partial charge < -0.3 is 11.1 Å². The van der Waals surface area contributed by atoms with Crippen molar-refractivity contribution in [3.8, 4) is 0 Å². The normalized spacial score (nSPS) is 10.5. The molecule has 0 aliphatic heterocycles. The van der Waals surface area contributed by atoms with Crippen LogP contribution in [0, 0.1) is 0 Å². The Balaban J connectivity index is 2.31. The highest BCUT2D eigenvalue weighted by atomic mass is 32.1. The van der Waals surface area contributed by atoms with Crippen molar-refractivity contribution in [3.63, 3.8) is 0 Å². The highest BCUT2D eigenvalue weighted by Gasteiger charge is 1.98. The summed E-state index contributed by atoms with van der Waals surface area (Å²) >= 11 is 1.73. The summed E-state index contributed by atoms with van der Waals surface area (Å²) in [5, 5.41) is 6.52. The van der Waals surface area contributed by atoms with E-state index in [1.54, 1.807) is 11.3 Å². The van der Waals surface area contributed by atoms with Gasteiger partial charge in [-0.05, 0) is 6.42 Å². The molecule has 0 unspecified atom stereocenters. The van der Waals surface area contributed by atoms with Crippen LogP contribution in [0.3, 0.4) is 0 Å². The third-order valence-electron chi connectivity index (χ3n) is 1.53. The van der Waals surface area contributed by atoms with E-state index in [-0.39, 0.29) is 0 Å². The van der Waals surface area contributed by atoms with E-state index in [2.05, 4.69) is 22.6 Å². The zero-order valence-electron chi connectivity index (χ0n) is 7.34. The summed E-state index contributed by atoms with van der Waals surface area (Å²) in [6, 6.07) is 0. The second-order valence-corrected chi connectivity index (χ2v) is 3.49. The first kappa shape index (κ1) is 9.64. The van der Waals surface area contributed by atoms with Crippen molar-refractivity contribution in [3.05, 3.63) is 16.1 Å². The van der Waals surface area contributed by atoms with Gasteiger partial charge in [0.25, 0.3) is 0 Å². The van der Waals surface area contributed by atoms with E-state index < -0.39 is 0 Å². The minimum absolute atomic E-state index is 0.685. The van der Waals surface area contributed by atoms with E-state index in [4.69, 9.17) is 5.73 Å². The fourth-order valence-electron chi connectivity index (χ4n) is 0.911. The first-order valence-corrected chi connectivity index (χ1v) is 5.08. The summed E-state index contributed by atoms with van der Waals surface area (Å²) in [5.41, 5.74) is 6.47. The molecule has 0 aliphatic rings. The van der Waals surface area contributed by atoms with Crippen LogP contribution in [-0.2, 0) is 13.0 Å². The first-order chi connectivity index (χ1) is 5.86. The second-order valence-electron chi connectivity index (χ2n) is 2.55. The highest BCUT2D eigenvalue weighted by molar-refractivity contribution is 7.09. The molecule has 0 atom stereocenters. The molecule has 0 saturated carbocycles. The molecule has 68 valence electrons. The lowest BCUT2D eigenvalue weighted by Crippen LogP contribution is -2.21. The van der Waals surface area contributed by atoms with Crippen molar-refractivity contribution in [2.75, 3.05) is 13.1 Å². The van der Waals surface area contributed by atoms with E-state index in [1.165, 1.54) is 5.01 Å². The predicted octanol–water partition coefficient (Wildman–Crippen LogP) is 0.754. The fraction of sp³-hybridized carbons (Fsp3) is 0.625. The van der Waals surface area contributed by atoms with Crippen LogP contribution in [-0.4, -0.2) is 18.1 Å². The first-order valence-electron chi connectivity index (χ1n) is 4.21. The van der Waals surface area contributed by atoms with Crippen molar-refractivity contribution in [2.45, 2.75) is 19.9 Å². The molecule has 0 fully saturated rings. The zero-order valence-corrected chi connectivity index (χ0v) is 8.16. The second kappa shape index (κ2) is 5.24. The lowest BCUT2D eigenvalue weighted by Gasteiger charge is -1.97. The van der Waals surface area contributed by atoms with Gasteiger partial charge in [0.1, 0.15) is 0 Å². The number of rotatable bonds is 5. The molecule has 0 bridgehead atoms. The molecular weight excluding hydrogens is 170 g/mol. The van der Waals surface area contributed by atoms with Crippen LogP contribution >= 0.6 is 11.3 Å². The van der Waals surface area contributed by atoms with Gasteiger partial charge in [0, 0.05) is 25.0 Å². The molecule has 3 nitrogen and oxygen atoms in total. The van der Waals surface area contributed by atoms with Gasteiger partial charge in [0.2, 0.25) is 0 Å². The summed E-state index contributed by atoms with van der Waals surface area (Å²) in [6.07, 6.45) is 1.03. The summed E-state index contributed by atoms with van der Waals surface area (Å²) in [7, 11) is 0. The van der Waals surface area contributed by atoms with Crippen LogP contribution in [0.25, 0.3) is 0 Å². The molecule has 4 heteroatoms. The van der Waals surface area contributed by atoms with Gasteiger partial charge in [0.05, 0.1) is 10.7 Å². The summed E-state index contributed by atoms with van der Waals surface area (Å²) in [5.74, 6) is 0. The molecule has 3 N–H and O–H groups in total. The average molecular weight is 185 g/mol. The SMILES string of the molecule is CCc1nc(CNCCN)cs1. The van der Waals surface area contributed by atoms with E-state index in [9.17, 15) is 0 Å². The van der Waals surface area contributed by atoms with Crippen LogP contribution in [0.4, 0.5) is 0 Å². The number of thiazole rings is 1. The molecule has 0 saturated heterocycles. The molecule has 0 radical (unpaired) electrons. The number of nitrogens with zero attached hydrogens (tertiary/aromatic N) is 1. The molecule has 1 aromatic heterocycles. The molecule has 0 spiro atoms. The van der Waals surface area contributed by atoms with Gasteiger partial charge in [-0.15, -0.1) is 11.3 Å². The Kier molecular flexibility index (Phi) is 4.21. The number of aromatic nitrogens is 1. The van der Waals surface area contributed by atoms with Crippen molar-refractivity contribution in [1.82, 2.24) is 10.3 Å². The summed E-state index contributed by atoms with van der Waals surface area (Å²) in [6.45, 7) is 4.51. The monoisotopic (exact) mass is 185 g/mol. The van der Waals surface area contributed by atoms with Gasteiger partial charge in [-0.2, -0.15) is 0 Å². The van der Waals surface area contributed by atoms with Gasteiger partial charge in [-0.3, -0.25) is 0 Å². The van der Waals surface area contributed by atoms with E-state index in [1.807, 2.05) is 0 Å². The maximum absolute atomic E-state index is 5.34. The standard InChI is InChI=1S/C8H15N3S/c1-2-8-11-7(6-12-8)5-10-4-3-9/h6,10H,2-5,9H2,1H3. The minimum atomic E-state index is 0.685. The quantitative estimate of drug-likeness (QED) is 0.666. The molecule has 1 heterocycles. The van der Waals surface area contributed by atoms with Crippen molar-refractivity contribution >= 4 is 11.3 Å². The van der Waals surface area contributed by atoms with Crippen LogP contribution in [0.5, 0.6) is 0 Å². The fourth-order valence-corrected chi connectivity index (χ4v) is 1.66. The Morgan fingerprint density at radius 3 is 3.08 bits per heavy atom. The van der Waals surface area contributed by atoms with Crippen LogP contribution in [0.2, 0.25) is 0 Å². The number of nitrogens with one attached hydrogen (secondary N) is 1. The smallest absolute Gasteiger partial charge is 0.0926 e. The summed E-state index contributed by atoms with van der Waals surface area (Å²) in [4.78, 5) is 4.42. The lowest BCUT2D eigenvalue weighted by atomic mass is 10.4. The molecular formula is C8H15N3S. The third kappa shape index (κ3) is 2.89. The molecule has 1 rings (SSSR count). The zero-order chi connectivity index (χ0) is 8.81. The van der Waals surface area contributed by atoms with Gasteiger partial charge >= 0.3 is 0 Å². The number of hydrogen-bond acceptors (Lipinski definition) is 4. The molecule has 1 aromatic rings. The van der Waals surface area contributed by atoms with E-state index in [0.29, 0.717) is 6.54 Å². The number of aryl methyl sites for hydroxylation is 1. The molecule has 0 amide bonds. The van der Waals surface area contributed by atoms with Gasteiger partial charge in [0.15, 0.2) is 0 Å². The van der Waals surface area contributed by atoms with Crippen molar-refractivity contribution in [1.29, 1.82) is 0 Å². The van der Waals surface area contributed by atoms with Crippen molar-refractivity contribution in [2.24, 2.45) is 5.73 Å². The maximum Gasteiger partial charge on any atom is 0.0926 e. The molecule has 0 aromatic carbocycles. The van der Waals surface area contributed by atoms with Crippen LogP contribution in [0.15, 0.2) is 5.38 Å². The van der Waals surface area contributed by atoms with E-state index in [0.717, 1.165) is 25.2 Å². The third-order valence-corrected chi connectivity index (χ3v) is 2.57. The Morgan fingerprint density at radius 1 is 1.67 bits per heavy atom.